The summed E-state index contributed by atoms with van der Waals surface area (Å²) < 4.78 is 40.4. The van der Waals surface area contributed by atoms with Crippen molar-refractivity contribution in [2.45, 2.75) is 17.9 Å². The van der Waals surface area contributed by atoms with Crippen LogP contribution in [0.5, 0.6) is 0 Å². The minimum atomic E-state index is -4.60. The highest BCUT2D eigenvalue weighted by Gasteiger charge is 2.33. The summed E-state index contributed by atoms with van der Waals surface area (Å²) in [5.41, 5.74) is -1.32. The van der Waals surface area contributed by atoms with Crippen molar-refractivity contribution in [3.8, 4) is 0 Å². The summed E-state index contributed by atoms with van der Waals surface area (Å²) in [7, 11) is 1.38. The van der Waals surface area contributed by atoms with Gasteiger partial charge in [0.05, 0.1) is 30.1 Å². The van der Waals surface area contributed by atoms with Crippen LogP contribution in [-0.4, -0.2) is 56.3 Å². The number of nitrogens with zero attached hydrogens (tertiary/aromatic N) is 5. The van der Waals surface area contributed by atoms with Gasteiger partial charge < -0.3 is 10.2 Å². The van der Waals surface area contributed by atoms with Crippen molar-refractivity contribution in [1.82, 2.24) is 25.1 Å². The number of tetrazole rings is 1. The van der Waals surface area contributed by atoms with Gasteiger partial charge in [-0.3, -0.25) is 9.59 Å². The van der Waals surface area contributed by atoms with Crippen molar-refractivity contribution < 1.29 is 22.8 Å². The molecule has 0 atom stereocenters. The van der Waals surface area contributed by atoms with Gasteiger partial charge in [-0.1, -0.05) is 30.0 Å². The summed E-state index contributed by atoms with van der Waals surface area (Å²) >= 11 is 1.07. The average molecular weight is 414 g/mol. The molecule has 0 saturated carbocycles. The number of anilines is 1. The first-order valence-corrected chi connectivity index (χ1v) is 8.91. The van der Waals surface area contributed by atoms with Crippen LogP contribution in [0.3, 0.4) is 0 Å². The summed E-state index contributed by atoms with van der Waals surface area (Å²) in [5, 5.41) is 13.6. The zero-order chi connectivity index (χ0) is 20.7. The summed E-state index contributed by atoms with van der Waals surface area (Å²) in [4.78, 5) is 25.3. The molecule has 12 heteroatoms. The van der Waals surface area contributed by atoms with Crippen molar-refractivity contribution in [2.24, 2.45) is 0 Å². The third kappa shape index (κ3) is 5.81. The van der Waals surface area contributed by atoms with Crippen molar-refractivity contribution >= 4 is 29.3 Å². The molecule has 1 N–H and O–H groups in total. The molecule has 2 rings (SSSR count). The molecule has 0 fully saturated rings. The van der Waals surface area contributed by atoms with Crippen molar-refractivity contribution in [3.63, 3.8) is 0 Å². The summed E-state index contributed by atoms with van der Waals surface area (Å²) in [6, 6.07) is 4.63. The van der Waals surface area contributed by atoms with Crippen LogP contribution >= 0.6 is 11.8 Å². The van der Waals surface area contributed by atoms with E-state index in [1.807, 2.05) is 0 Å². The monoisotopic (exact) mass is 414 g/mol. The van der Waals surface area contributed by atoms with Crippen LogP contribution in [0.15, 0.2) is 42.1 Å². The lowest BCUT2D eigenvalue weighted by molar-refractivity contribution is -0.137. The Labute approximate surface area is 162 Å². The fourth-order valence-electron chi connectivity index (χ4n) is 2.11. The minimum absolute atomic E-state index is 0.0412. The maximum absolute atomic E-state index is 13.0. The standard InChI is InChI=1S/C16H17F3N6O2S/c1-3-8-25-15(21-22-23-25)28-10-14(27)24(2)9-13(26)20-12-7-5-4-6-11(12)16(17,18)19/h3-7H,1,8-10H2,2H3,(H,20,26). The fraction of sp³-hybridized carbons (Fsp3) is 0.312. The average Bonchev–Trinajstić information content (AvgIpc) is 3.06. The molecule has 2 amide bonds. The number of allylic oxidation sites excluding steroid dienone is 1. The van der Waals surface area contributed by atoms with Gasteiger partial charge in [-0.15, -0.1) is 11.7 Å². The number of nitrogens with one attached hydrogen (secondary N) is 1. The van der Waals surface area contributed by atoms with E-state index in [9.17, 15) is 22.8 Å². The third-order valence-electron chi connectivity index (χ3n) is 3.44. The Morgan fingerprint density at radius 2 is 2.07 bits per heavy atom. The van der Waals surface area contributed by atoms with Crippen LogP contribution < -0.4 is 5.32 Å². The van der Waals surface area contributed by atoms with E-state index in [0.717, 1.165) is 28.8 Å². The molecule has 1 aromatic heterocycles. The van der Waals surface area contributed by atoms with Crippen LogP contribution in [0.1, 0.15) is 5.56 Å². The Bertz CT molecular complexity index is 855. The molecule has 1 heterocycles. The Kier molecular flexibility index (Phi) is 7.15. The zero-order valence-electron chi connectivity index (χ0n) is 14.8. The van der Waals surface area contributed by atoms with Crippen molar-refractivity contribution in [2.75, 3.05) is 24.7 Å². The highest BCUT2D eigenvalue weighted by molar-refractivity contribution is 7.99. The van der Waals surface area contributed by atoms with Crippen molar-refractivity contribution in [3.05, 3.63) is 42.5 Å². The number of hydrogen-bond acceptors (Lipinski definition) is 6. The van der Waals surface area contributed by atoms with Crippen LogP contribution in [0.2, 0.25) is 0 Å². The molecule has 0 radical (unpaired) electrons. The molecule has 1 aromatic carbocycles. The van der Waals surface area contributed by atoms with E-state index in [1.165, 1.54) is 23.9 Å². The number of thioether (sulfide) groups is 1. The molecule has 2 aromatic rings. The number of carbonyl (C=O) groups excluding carboxylic acids is 2. The Morgan fingerprint density at radius 3 is 2.75 bits per heavy atom. The summed E-state index contributed by atoms with van der Waals surface area (Å²) in [6.07, 6.45) is -3.00. The second-order valence-electron chi connectivity index (χ2n) is 5.56. The molecular formula is C16H17F3N6O2S. The van der Waals surface area contributed by atoms with E-state index < -0.39 is 30.1 Å². The maximum Gasteiger partial charge on any atom is 0.418 e. The van der Waals surface area contributed by atoms with Gasteiger partial charge in [0.1, 0.15) is 0 Å². The topological polar surface area (TPSA) is 93.0 Å². The third-order valence-corrected chi connectivity index (χ3v) is 4.38. The Morgan fingerprint density at radius 1 is 1.36 bits per heavy atom. The number of rotatable bonds is 8. The molecule has 150 valence electrons. The number of alkyl halides is 3. The van der Waals surface area contributed by atoms with E-state index in [2.05, 4.69) is 27.4 Å². The van der Waals surface area contributed by atoms with Gasteiger partial charge >= 0.3 is 6.18 Å². The second kappa shape index (κ2) is 9.35. The highest BCUT2D eigenvalue weighted by atomic mass is 32.2. The van der Waals surface area contributed by atoms with Crippen LogP contribution in [0.25, 0.3) is 0 Å². The zero-order valence-corrected chi connectivity index (χ0v) is 15.6. The van der Waals surface area contributed by atoms with Crippen LogP contribution in [-0.2, 0) is 22.3 Å². The summed E-state index contributed by atoms with van der Waals surface area (Å²) in [5.74, 6) is -1.19. The number of benzene rings is 1. The van der Waals surface area contributed by atoms with Gasteiger partial charge in [0.15, 0.2) is 0 Å². The Balaban J connectivity index is 1.91. The fourth-order valence-corrected chi connectivity index (χ4v) is 2.93. The smallest absolute Gasteiger partial charge is 0.336 e. The molecule has 0 bridgehead atoms. The largest absolute Gasteiger partial charge is 0.418 e. The molecular weight excluding hydrogens is 397 g/mol. The lowest BCUT2D eigenvalue weighted by Crippen LogP contribution is -2.36. The summed E-state index contributed by atoms with van der Waals surface area (Å²) in [6.45, 7) is 3.55. The first kappa shape index (κ1) is 21.4. The molecule has 0 saturated heterocycles. The van der Waals surface area contributed by atoms with E-state index in [1.54, 1.807) is 6.08 Å². The first-order valence-electron chi connectivity index (χ1n) is 7.92. The lowest BCUT2D eigenvalue weighted by atomic mass is 10.1. The second-order valence-corrected chi connectivity index (χ2v) is 6.50. The molecule has 0 aliphatic carbocycles. The van der Waals surface area contributed by atoms with Crippen molar-refractivity contribution in [1.29, 1.82) is 0 Å². The van der Waals surface area contributed by atoms with E-state index in [-0.39, 0.29) is 11.4 Å². The molecule has 0 aliphatic heterocycles. The predicted molar refractivity (Wildman–Crippen MR) is 96.4 cm³/mol. The number of likely N-dealkylation sites (N-methyl/N-ethyl adjacent to an activating group) is 1. The quantitative estimate of drug-likeness (QED) is 0.525. The van der Waals surface area contributed by atoms with Gasteiger partial charge in [0, 0.05) is 7.05 Å². The Hall–Kier alpha value is -2.89. The van der Waals surface area contributed by atoms with Crippen LogP contribution in [0, 0.1) is 0 Å². The maximum atomic E-state index is 13.0. The van der Waals surface area contributed by atoms with E-state index >= 15 is 0 Å². The lowest BCUT2D eigenvalue weighted by Gasteiger charge is -2.18. The number of carbonyl (C=O) groups is 2. The number of halogens is 3. The molecule has 0 unspecified atom stereocenters. The number of para-hydroxylation sites is 1. The highest BCUT2D eigenvalue weighted by Crippen LogP contribution is 2.34. The van der Waals surface area contributed by atoms with Gasteiger partial charge in [-0.2, -0.15) is 13.2 Å². The van der Waals surface area contributed by atoms with Gasteiger partial charge in [0.25, 0.3) is 0 Å². The SMILES string of the molecule is C=CCn1nnnc1SCC(=O)N(C)CC(=O)Nc1ccccc1C(F)(F)F. The number of amides is 2. The number of hydrogen-bond donors (Lipinski definition) is 1. The predicted octanol–water partition coefficient (Wildman–Crippen LogP) is 2.07. The molecule has 0 spiro atoms. The van der Waals surface area contributed by atoms with E-state index in [4.69, 9.17) is 0 Å². The number of aromatic nitrogens is 4. The molecule has 28 heavy (non-hydrogen) atoms. The van der Waals surface area contributed by atoms with E-state index in [0.29, 0.717) is 11.7 Å². The van der Waals surface area contributed by atoms with Gasteiger partial charge in [0.2, 0.25) is 17.0 Å². The molecule has 8 nitrogen and oxygen atoms in total. The minimum Gasteiger partial charge on any atom is -0.336 e. The van der Waals surface area contributed by atoms with Gasteiger partial charge in [-0.05, 0) is 22.6 Å². The van der Waals surface area contributed by atoms with Gasteiger partial charge in [-0.25, -0.2) is 4.68 Å². The van der Waals surface area contributed by atoms with Crippen LogP contribution in [0.4, 0.5) is 18.9 Å². The normalized spacial score (nSPS) is 11.1. The first-order chi connectivity index (χ1) is 13.2. The molecule has 0 aliphatic rings.